The van der Waals surface area contributed by atoms with Gasteiger partial charge in [0.15, 0.2) is 0 Å². The molecule has 0 radical (unpaired) electrons. The fourth-order valence-corrected chi connectivity index (χ4v) is 4.01. The van der Waals surface area contributed by atoms with Crippen molar-refractivity contribution in [1.29, 1.82) is 0 Å². The predicted molar refractivity (Wildman–Crippen MR) is 99.9 cm³/mol. The van der Waals surface area contributed by atoms with Crippen molar-refractivity contribution in [3.8, 4) is 0 Å². The summed E-state index contributed by atoms with van der Waals surface area (Å²) in [6.45, 7) is 4.16. The monoisotopic (exact) mass is 349 g/mol. The highest BCUT2D eigenvalue weighted by molar-refractivity contribution is 5.71. The number of aliphatic hydroxyl groups is 1. The molecular weight excluding hydrogens is 326 g/mol. The SMILES string of the molecule is Cc1nc2c(c(C)c1/C=C/[C@@H]1C[C@@H](O)CC(=O)O1)Cc1ccccc1C2. The molecule has 1 aliphatic heterocycles. The summed E-state index contributed by atoms with van der Waals surface area (Å²) < 4.78 is 5.31. The lowest BCUT2D eigenvalue weighted by Gasteiger charge is -2.24. The van der Waals surface area contributed by atoms with Crippen LogP contribution in [-0.4, -0.2) is 28.3 Å². The molecule has 0 amide bonds. The van der Waals surface area contributed by atoms with Crippen LogP contribution in [0.25, 0.3) is 6.08 Å². The predicted octanol–water partition coefficient (Wildman–Crippen LogP) is 3.27. The number of rotatable bonds is 2. The van der Waals surface area contributed by atoms with Gasteiger partial charge in [0.2, 0.25) is 0 Å². The Kier molecular flexibility index (Phi) is 4.37. The largest absolute Gasteiger partial charge is 0.458 e. The quantitative estimate of drug-likeness (QED) is 0.722. The maximum absolute atomic E-state index is 11.5. The summed E-state index contributed by atoms with van der Waals surface area (Å²) in [6.07, 6.45) is 5.20. The number of cyclic esters (lactones) is 1. The number of aryl methyl sites for hydroxylation is 1. The van der Waals surface area contributed by atoms with Crippen LogP contribution in [0, 0.1) is 13.8 Å². The Morgan fingerprint density at radius 2 is 1.92 bits per heavy atom. The molecule has 0 bridgehead atoms. The van der Waals surface area contributed by atoms with Gasteiger partial charge >= 0.3 is 5.97 Å². The van der Waals surface area contributed by atoms with Crippen molar-refractivity contribution in [2.75, 3.05) is 0 Å². The van der Waals surface area contributed by atoms with E-state index in [1.807, 2.05) is 19.1 Å². The van der Waals surface area contributed by atoms with Gasteiger partial charge in [0.1, 0.15) is 6.10 Å². The molecule has 4 nitrogen and oxygen atoms in total. The normalized spacial score (nSPS) is 22.0. The molecule has 0 spiro atoms. The molecule has 1 aromatic carbocycles. The lowest BCUT2D eigenvalue weighted by atomic mass is 9.85. The van der Waals surface area contributed by atoms with Crippen LogP contribution in [0.5, 0.6) is 0 Å². The van der Waals surface area contributed by atoms with Crippen molar-refractivity contribution in [3.63, 3.8) is 0 Å². The van der Waals surface area contributed by atoms with E-state index >= 15 is 0 Å². The van der Waals surface area contributed by atoms with Gasteiger partial charge in [-0.3, -0.25) is 9.78 Å². The lowest BCUT2D eigenvalue weighted by molar-refractivity contribution is -0.156. The molecule has 4 rings (SSSR count). The number of nitrogens with zero attached hydrogens (tertiary/aromatic N) is 1. The zero-order valence-electron chi connectivity index (χ0n) is 15.2. The molecule has 1 N–H and O–H groups in total. The molecule has 2 atom stereocenters. The van der Waals surface area contributed by atoms with Gasteiger partial charge in [-0.2, -0.15) is 0 Å². The summed E-state index contributed by atoms with van der Waals surface area (Å²) in [5.41, 5.74) is 8.50. The molecule has 2 aliphatic rings. The average molecular weight is 349 g/mol. The van der Waals surface area contributed by atoms with E-state index < -0.39 is 6.10 Å². The minimum absolute atomic E-state index is 0.0855. The van der Waals surface area contributed by atoms with Gasteiger partial charge in [-0.05, 0) is 54.2 Å². The zero-order chi connectivity index (χ0) is 18.3. The lowest BCUT2D eigenvalue weighted by Crippen LogP contribution is -2.31. The Balaban J connectivity index is 1.64. The number of carbonyl (C=O) groups excluding carboxylic acids is 1. The average Bonchev–Trinajstić information content (AvgIpc) is 2.59. The number of benzene rings is 1. The van der Waals surface area contributed by atoms with E-state index in [0.717, 1.165) is 29.8 Å². The Hall–Kier alpha value is -2.46. The number of hydrogen-bond donors (Lipinski definition) is 1. The van der Waals surface area contributed by atoms with E-state index in [2.05, 4.69) is 31.2 Å². The summed E-state index contributed by atoms with van der Waals surface area (Å²) in [7, 11) is 0. The summed E-state index contributed by atoms with van der Waals surface area (Å²) in [6, 6.07) is 8.54. The van der Waals surface area contributed by atoms with Crippen LogP contribution in [0.2, 0.25) is 0 Å². The van der Waals surface area contributed by atoms with E-state index in [4.69, 9.17) is 9.72 Å². The Labute approximate surface area is 153 Å². The van der Waals surface area contributed by atoms with Crippen LogP contribution < -0.4 is 0 Å². The van der Waals surface area contributed by atoms with Gasteiger partial charge in [-0.25, -0.2) is 0 Å². The molecular formula is C22H23NO3. The van der Waals surface area contributed by atoms with E-state index in [1.165, 1.54) is 22.3 Å². The zero-order valence-corrected chi connectivity index (χ0v) is 15.2. The molecule has 2 aromatic rings. The third-order valence-corrected chi connectivity index (χ3v) is 5.41. The Morgan fingerprint density at radius 3 is 2.65 bits per heavy atom. The number of carbonyl (C=O) groups is 1. The second kappa shape index (κ2) is 6.69. The minimum Gasteiger partial charge on any atom is -0.458 e. The van der Waals surface area contributed by atoms with Crippen molar-refractivity contribution in [1.82, 2.24) is 4.98 Å². The highest BCUT2D eigenvalue weighted by atomic mass is 16.5. The number of pyridine rings is 1. The summed E-state index contributed by atoms with van der Waals surface area (Å²) in [5, 5.41) is 9.76. The number of aliphatic hydroxyl groups excluding tert-OH is 1. The smallest absolute Gasteiger partial charge is 0.309 e. The van der Waals surface area contributed by atoms with E-state index in [0.29, 0.717) is 6.42 Å². The van der Waals surface area contributed by atoms with E-state index in [-0.39, 0.29) is 18.5 Å². The standard InChI is InChI=1S/C22H23NO3/c1-13-19(8-7-18-11-17(24)12-22(25)26-18)14(2)23-21-10-16-6-4-3-5-15(16)9-20(13)21/h3-8,17-18,24H,9-12H2,1-2H3/b8-7+/t17-,18-/m1/s1. The van der Waals surface area contributed by atoms with Crippen molar-refractivity contribution in [2.45, 2.75) is 51.7 Å². The van der Waals surface area contributed by atoms with Crippen LogP contribution in [0.1, 0.15) is 52.0 Å². The maximum atomic E-state index is 11.5. The van der Waals surface area contributed by atoms with Gasteiger partial charge in [0.25, 0.3) is 0 Å². The minimum atomic E-state index is -0.619. The maximum Gasteiger partial charge on any atom is 0.309 e. The van der Waals surface area contributed by atoms with Gasteiger partial charge in [0, 0.05) is 24.2 Å². The summed E-state index contributed by atoms with van der Waals surface area (Å²) >= 11 is 0. The molecule has 4 heteroatoms. The molecule has 134 valence electrons. The Bertz CT molecular complexity index is 901. The van der Waals surface area contributed by atoms with Crippen LogP contribution in [-0.2, 0) is 22.4 Å². The van der Waals surface area contributed by atoms with Crippen molar-refractivity contribution in [3.05, 3.63) is 69.5 Å². The third kappa shape index (κ3) is 3.17. The summed E-state index contributed by atoms with van der Waals surface area (Å²) in [5.74, 6) is -0.341. The van der Waals surface area contributed by atoms with Crippen molar-refractivity contribution < 1.29 is 14.6 Å². The van der Waals surface area contributed by atoms with Crippen molar-refractivity contribution in [2.24, 2.45) is 0 Å². The molecule has 0 unspecified atom stereocenters. The van der Waals surface area contributed by atoms with Gasteiger partial charge in [0.05, 0.1) is 12.5 Å². The number of ether oxygens (including phenoxy) is 1. The highest BCUT2D eigenvalue weighted by Gasteiger charge is 2.26. The Morgan fingerprint density at radius 1 is 1.19 bits per heavy atom. The third-order valence-electron chi connectivity index (χ3n) is 5.41. The summed E-state index contributed by atoms with van der Waals surface area (Å²) in [4.78, 5) is 16.4. The van der Waals surface area contributed by atoms with Crippen LogP contribution in [0.15, 0.2) is 30.3 Å². The number of hydrogen-bond acceptors (Lipinski definition) is 4. The van der Waals surface area contributed by atoms with E-state index in [9.17, 15) is 9.90 Å². The van der Waals surface area contributed by atoms with Gasteiger partial charge < -0.3 is 9.84 Å². The van der Waals surface area contributed by atoms with Crippen molar-refractivity contribution >= 4 is 12.0 Å². The molecule has 2 heterocycles. The fraction of sp³-hybridized carbons (Fsp3) is 0.364. The highest BCUT2D eigenvalue weighted by Crippen LogP contribution is 2.31. The molecule has 26 heavy (non-hydrogen) atoms. The molecule has 1 aliphatic carbocycles. The van der Waals surface area contributed by atoms with Crippen LogP contribution >= 0.6 is 0 Å². The first kappa shape index (κ1) is 17.0. The second-order valence-corrected chi connectivity index (χ2v) is 7.26. The fourth-order valence-electron chi connectivity index (χ4n) is 4.01. The van der Waals surface area contributed by atoms with Crippen LogP contribution in [0.4, 0.5) is 0 Å². The molecule has 1 saturated heterocycles. The van der Waals surface area contributed by atoms with Gasteiger partial charge in [-0.1, -0.05) is 30.3 Å². The number of aromatic nitrogens is 1. The van der Waals surface area contributed by atoms with E-state index in [1.54, 1.807) is 0 Å². The topological polar surface area (TPSA) is 59.4 Å². The first-order valence-electron chi connectivity index (χ1n) is 9.12. The second-order valence-electron chi connectivity index (χ2n) is 7.26. The molecule has 0 saturated carbocycles. The first-order valence-corrected chi connectivity index (χ1v) is 9.12. The first-order chi connectivity index (χ1) is 12.5. The van der Waals surface area contributed by atoms with Crippen LogP contribution in [0.3, 0.4) is 0 Å². The molecule has 1 fully saturated rings. The van der Waals surface area contributed by atoms with Gasteiger partial charge in [-0.15, -0.1) is 0 Å². The number of esters is 1. The number of fused-ring (bicyclic) bond motifs is 2. The molecule has 1 aromatic heterocycles.